The molecule has 2 aromatic rings. The molecule has 448 valence electrons. The number of nitrogens with two attached hydrogens (primary N) is 1. The number of rotatable bonds is 11. The second-order valence-corrected chi connectivity index (χ2v) is 24.1. The van der Waals surface area contributed by atoms with Gasteiger partial charge in [-0.15, -0.1) is 0 Å². The molecule has 81 heavy (non-hydrogen) atoms. The van der Waals surface area contributed by atoms with Crippen LogP contribution < -0.4 is 11.4 Å². The molecule has 6 aliphatic heterocycles. The zero-order valence-electron chi connectivity index (χ0n) is 48.4. The van der Waals surface area contributed by atoms with Crippen molar-refractivity contribution in [1.29, 1.82) is 0 Å². The van der Waals surface area contributed by atoms with E-state index in [0.29, 0.717) is 45.4 Å². The maximum atomic E-state index is 13.1. The van der Waals surface area contributed by atoms with Crippen LogP contribution in [0.2, 0.25) is 0 Å². The molecule has 0 aromatic heterocycles. The van der Waals surface area contributed by atoms with Gasteiger partial charge in [-0.1, -0.05) is 60.7 Å². The van der Waals surface area contributed by atoms with Crippen molar-refractivity contribution in [3.05, 3.63) is 71.8 Å². The molecule has 4 N–H and O–H groups in total. The number of hydroxylamine groups is 5. The predicted octanol–water partition coefficient (Wildman–Crippen LogP) is 6.33. The summed E-state index contributed by atoms with van der Waals surface area (Å²) in [6.07, 6.45) is -1.83. The second kappa shape index (κ2) is 26.1. The number of hydrogen-bond acceptors (Lipinski definition) is 17. The minimum absolute atomic E-state index is 0.0400. The number of hydrogen-bond donors (Lipinski definition) is 3. The van der Waals surface area contributed by atoms with Gasteiger partial charge in [-0.2, -0.15) is 10.1 Å². The normalized spacial score (nSPS) is 21.3. The number of fused-ring (bicyclic) bond motifs is 4. The fourth-order valence-electron chi connectivity index (χ4n) is 9.16. The standard InChI is InChI=1S/C27H39N5O8.C14H16N2O4.C13H25N3O5/c1-26(2,3)38-24(35)30-15-20(16-31(30)25(36)39-27(4,5)6)40-28-22(33)21-13-12-19-14-29(21)23(34)32(19)37-17-18-10-8-7-9-11-18;17-13(18)12-7-6-11-8-15(12)14(19)16(11)20-9-10-4-2-1-3-5-10;1-12(2,3)19-10(17)15-7-9(21-14)8-16(15)11(18)20-13(4,5)6/h7-11,19-21H,12-17H2,1-6H3,(H,28,33);1-5,11-12H,6-9H2,(H,17,18);9H,7-8,14H2,1-6H3/t19-,21+;11-,12+;/m11./s1. The first-order valence-corrected chi connectivity index (χ1v) is 26.9. The zero-order chi connectivity index (χ0) is 59.8. The molecule has 0 radical (unpaired) electrons. The minimum Gasteiger partial charge on any atom is -0.480 e. The average molecular weight is 1140 g/mol. The summed E-state index contributed by atoms with van der Waals surface area (Å²) >= 11 is 0. The number of nitrogens with zero attached hydrogens (tertiary/aromatic N) is 8. The van der Waals surface area contributed by atoms with Crippen LogP contribution in [0.1, 0.15) is 120 Å². The summed E-state index contributed by atoms with van der Waals surface area (Å²) < 4.78 is 21.4. The van der Waals surface area contributed by atoms with Gasteiger partial charge < -0.3 is 33.9 Å². The third-order valence-corrected chi connectivity index (χ3v) is 12.7. The minimum atomic E-state index is -0.943. The van der Waals surface area contributed by atoms with Crippen molar-refractivity contribution in [3.8, 4) is 0 Å². The molecule has 0 aliphatic carbocycles. The van der Waals surface area contributed by atoms with Crippen LogP contribution in [0.25, 0.3) is 0 Å². The Balaban J connectivity index is 0.000000216. The van der Waals surface area contributed by atoms with Gasteiger partial charge in [0, 0.05) is 13.1 Å². The Labute approximate surface area is 472 Å². The van der Waals surface area contributed by atoms with E-state index in [1.807, 2.05) is 60.7 Å². The van der Waals surface area contributed by atoms with Gasteiger partial charge >= 0.3 is 42.4 Å². The van der Waals surface area contributed by atoms with Crippen LogP contribution in [-0.4, -0.2) is 191 Å². The number of amides is 9. The highest BCUT2D eigenvalue weighted by Gasteiger charge is 2.50. The van der Waals surface area contributed by atoms with E-state index < -0.39 is 82.9 Å². The number of carbonyl (C=O) groups excluding carboxylic acids is 7. The first-order chi connectivity index (χ1) is 37.8. The number of urea groups is 2. The Hall–Kier alpha value is -7.20. The van der Waals surface area contributed by atoms with Crippen molar-refractivity contribution in [3.63, 3.8) is 0 Å². The molecular weight excluding hydrogens is 1060 g/mol. The molecule has 27 heteroatoms. The largest absolute Gasteiger partial charge is 0.480 e. The summed E-state index contributed by atoms with van der Waals surface area (Å²) in [5, 5.41) is 16.3. The predicted molar refractivity (Wildman–Crippen MR) is 285 cm³/mol. The molecular formula is C54H80N10O17. The fraction of sp³-hybridized carbons (Fsp3) is 0.630. The Morgan fingerprint density at radius 3 is 1.17 bits per heavy atom. The van der Waals surface area contributed by atoms with Crippen molar-refractivity contribution < 1.29 is 81.8 Å². The van der Waals surface area contributed by atoms with E-state index in [1.165, 1.54) is 19.9 Å². The third kappa shape index (κ3) is 17.6. The van der Waals surface area contributed by atoms with E-state index in [-0.39, 0.29) is 56.9 Å². The second-order valence-electron chi connectivity index (χ2n) is 24.1. The van der Waals surface area contributed by atoms with Crippen LogP contribution in [-0.2, 0) is 61.1 Å². The van der Waals surface area contributed by atoms with Gasteiger partial charge in [-0.3, -0.25) is 24.1 Å². The number of carboxylic acid groups (broad SMARTS) is 1. The Morgan fingerprint density at radius 1 is 0.506 bits per heavy atom. The van der Waals surface area contributed by atoms with Crippen molar-refractivity contribution in [2.45, 2.75) is 181 Å². The molecule has 27 nitrogen and oxygen atoms in total. The molecule has 4 bridgehead atoms. The lowest BCUT2D eigenvalue weighted by molar-refractivity contribution is -0.144. The van der Waals surface area contributed by atoms with Crippen LogP contribution >= 0.6 is 0 Å². The molecule has 0 unspecified atom stereocenters. The van der Waals surface area contributed by atoms with E-state index in [9.17, 15) is 38.4 Å². The van der Waals surface area contributed by atoms with Crippen LogP contribution in [0.15, 0.2) is 60.7 Å². The zero-order valence-corrected chi connectivity index (χ0v) is 48.4. The maximum Gasteiger partial charge on any atom is 0.429 e. The van der Waals surface area contributed by atoms with Crippen molar-refractivity contribution in [2.24, 2.45) is 5.90 Å². The molecule has 8 rings (SSSR count). The van der Waals surface area contributed by atoms with Crippen molar-refractivity contribution >= 4 is 48.3 Å². The van der Waals surface area contributed by atoms with Gasteiger partial charge in [0.1, 0.15) is 59.9 Å². The SMILES string of the molecule is CC(C)(C)OC(=O)N1CC(ON)CN1C(=O)OC(C)(C)C.CC(C)(C)OC(=O)N1CC(ONC(=O)[C@@H]2CC[C@@H]3CN2C(=O)N3OCc2ccccc2)CN1C(=O)OC(C)(C)C.O=C(O)[C@@H]1CC[C@@H]2CN1C(=O)N2OCc1ccccc1. The van der Waals surface area contributed by atoms with Gasteiger partial charge in [-0.25, -0.2) is 65.0 Å². The topological polar surface area (TPSA) is 295 Å². The first-order valence-electron chi connectivity index (χ1n) is 26.9. The lowest BCUT2D eigenvalue weighted by atomic mass is 10.0. The number of carboxylic acids is 1. The Bertz CT molecular complexity index is 2460. The van der Waals surface area contributed by atoms with Gasteiger partial charge in [0.15, 0.2) is 0 Å². The molecule has 6 aliphatic rings. The number of piperidine rings is 2. The molecule has 6 fully saturated rings. The van der Waals surface area contributed by atoms with Crippen LogP contribution in [0.3, 0.4) is 0 Å². The van der Waals surface area contributed by atoms with Crippen LogP contribution in [0.4, 0.5) is 28.8 Å². The van der Waals surface area contributed by atoms with Gasteiger partial charge in [0.05, 0.1) is 38.3 Å². The lowest BCUT2D eigenvalue weighted by Gasteiger charge is -2.31. The summed E-state index contributed by atoms with van der Waals surface area (Å²) in [6, 6.07) is 16.8. The van der Waals surface area contributed by atoms with E-state index in [0.717, 1.165) is 31.2 Å². The smallest absolute Gasteiger partial charge is 0.429 e. The molecule has 9 amide bonds. The number of benzene rings is 2. The van der Waals surface area contributed by atoms with Gasteiger partial charge in [0.2, 0.25) is 0 Å². The average Bonchev–Trinajstić information content (AvgIpc) is 4.22. The number of aliphatic carboxylic acids is 1. The first kappa shape index (κ1) is 63.0. The monoisotopic (exact) mass is 1140 g/mol. The highest BCUT2D eigenvalue weighted by Crippen LogP contribution is 2.33. The third-order valence-electron chi connectivity index (χ3n) is 12.7. The summed E-state index contributed by atoms with van der Waals surface area (Å²) in [4.78, 5) is 124. The summed E-state index contributed by atoms with van der Waals surface area (Å²) in [7, 11) is 0. The lowest BCUT2D eigenvalue weighted by Crippen LogP contribution is -2.50. The highest BCUT2D eigenvalue weighted by atomic mass is 16.7. The molecule has 6 saturated heterocycles. The maximum absolute atomic E-state index is 13.1. The highest BCUT2D eigenvalue weighted by molar-refractivity contribution is 5.88. The van der Waals surface area contributed by atoms with Crippen molar-refractivity contribution in [1.82, 2.24) is 45.4 Å². The molecule has 2 aromatic carbocycles. The van der Waals surface area contributed by atoms with Gasteiger partial charge in [0.25, 0.3) is 5.91 Å². The number of nitrogens with one attached hydrogen (secondary N) is 1. The van der Waals surface area contributed by atoms with E-state index in [2.05, 4.69) is 5.48 Å². The Morgan fingerprint density at radius 2 is 0.840 bits per heavy atom. The molecule has 0 spiro atoms. The van der Waals surface area contributed by atoms with Crippen LogP contribution in [0.5, 0.6) is 0 Å². The summed E-state index contributed by atoms with van der Waals surface area (Å²) in [6.45, 7) is 22.3. The number of ether oxygens (including phenoxy) is 4. The van der Waals surface area contributed by atoms with E-state index >= 15 is 0 Å². The molecule has 0 saturated carbocycles. The van der Waals surface area contributed by atoms with E-state index in [4.69, 9.17) is 49.3 Å². The molecule has 6 heterocycles. The van der Waals surface area contributed by atoms with Crippen LogP contribution in [0, 0.1) is 0 Å². The summed E-state index contributed by atoms with van der Waals surface area (Å²) in [5.74, 6) is 3.72. The summed E-state index contributed by atoms with van der Waals surface area (Å²) in [5.41, 5.74) is 1.44. The Kier molecular flexibility index (Phi) is 20.3. The molecule has 4 atom stereocenters. The van der Waals surface area contributed by atoms with Crippen molar-refractivity contribution in [2.75, 3.05) is 39.3 Å². The van der Waals surface area contributed by atoms with Gasteiger partial charge in [-0.05, 0) is 120 Å². The number of carbonyl (C=O) groups is 8. The fourth-order valence-corrected chi connectivity index (χ4v) is 9.16. The quantitative estimate of drug-likeness (QED) is 0.164. The van der Waals surface area contributed by atoms with E-state index in [1.54, 1.807) is 83.1 Å². The number of hydrazine groups is 2.